The largest absolute Gasteiger partial charge is 0.390 e. The molecule has 0 saturated heterocycles. The van der Waals surface area contributed by atoms with Crippen LogP contribution in [0.25, 0.3) is 11.5 Å². The fraction of sp³-hybridized carbons (Fsp3) is 0.250. The zero-order chi connectivity index (χ0) is 16.1. The van der Waals surface area contributed by atoms with Crippen LogP contribution in [-0.2, 0) is 19.6 Å². The van der Waals surface area contributed by atoms with E-state index in [1.165, 1.54) is 11.3 Å². The van der Waals surface area contributed by atoms with Gasteiger partial charge in [0.05, 0.1) is 18.8 Å². The standard InChI is InChI=1S/C16H17N5OS/c1-2-11-7-14(18-8-15-19-12(9-22)10-23-15)21-16(20-11)13-5-3-4-6-17-13/h3-7,10,22H,2,8-9H2,1H3,(H,18,20,21). The molecule has 0 aliphatic carbocycles. The molecule has 118 valence electrons. The third kappa shape index (κ3) is 3.88. The van der Waals surface area contributed by atoms with E-state index in [2.05, 4.69) is 32.2 Å². The predicted octanol–water partition coefficient (Wildman–Crippen LogP) is 2.66. The van der Waals surface area contributed by atoms with Gasteiger partial charge in [-0.1, -0.05) is 13.0 Å². The van der Waals surface area contributed by atoms with Crippen molar-refractivity contribution in [3.63, 3.8) is 0 Å². The SMILES string of the molecule is CCc1cc(NCc2nc(CO)cs2)nc(-c2ccccn2)n1. The summed E-state index contributed by atoms with van der Waals surface area (Å²) in [5.74, 6) is 1.36. The molecule has 0 fully saturated rings. The van der Waals surface area contributed by atoms with Crippen molar-refractivity contribution in [2.24, 2.45) is 0 Å². The van der Waals surface area contributed by atoms with Crippen molar-refractivity contribution in [1.82, 2.24) is 19.9 Å². The van der Waals surface area contributed by atoms with E-state index in [-0.39, 0.29) is 6.61 Å². The van der Waals surface area contributed by atoms with Crippen LogP contribution in [0.3, 0.4) is 0 Å². The van der Waals surface area contributed by atoms with Crippen molar-refractivity contribution in [1.29, 1.82) is 0 Å². The Hall–Kier alpha value is -2.38. The molecule has 0 aromatic carbocycles. The number of nitrogens with one attached hydrogen (secondary N) is 1. The lowest BCUT2D eigenvalue weighted by molar-refractivity contribution is 0.277. The molecule has 3 aromatic heterocycles. The molecule has 0 radical (unpaired) electrons. The smallest absolute Gasteiger partial charge is 0.180 e. The highest BCUT2D eigenvalue weighted by Gasteiger charge is 2.08. The zero-order valence-corrected chi connectivity index (χ0v) is 13.5. The molecule has 0 aliphatic heterocycles. The monoisotopic (exact) mass is 327 g/mol. The van der Waals surface area contributed by atoms with Gasteiger partial charge in [0.25, 0.3) is 0 Å². The number of anilines is 1. The summed E-state index contributed by atoms with van der Waals surface area (Å²) in [6, 6.07) is 7.62. The number of aliphatic hydroxyl groups is 1. The maximum Gasteiger partial charge on any atom is 0.180 e. The highest BCUT2D eigenvalue weighted by molar-refractivity contribution is 7.09. The molecule has 0 aliphatic rings. The summed E-state index contributed by atoms with van der Waals surface area (Å²) in [4.78, 5) is 17.7. The number of nitrogens with zero attached hydrogens (tertiary/aromatic N) is 4. The minimum absolute atomic E-state index is 0.0339. The Morgan fingerprint density at radius 3 is 2.78 bits per heavy atom. The maximum atomic E-state index is 9.06. The summed E-state index contributed by atoms with van der Waals surface area (Å²) < 4.78 is 0. The van der Waals surface area contributed by atoms with E-state index in [9.17, 15) is 0 Å². The molecule has 0 unspecified atom stereocenters. The summed E-state index contributed by atoms with van der Waals surface area (Å²) in [6.45, 7) is 2.59. The molecule has 3 rings (SSSR count). The summed E-state index contributed by atoms with van der Waals surface area (Å²) in [5, 5.41) is 15.1. The number of aromatic nitrogens is 4. The molecule has 0 atom stereocenters. The number of aryl methyl sites for hydroxylation is 1. The fourth-order valence-corrected chi connectivity index (χ4v) is 2.77. The number of thiazole rings is 1. The van der Waals surface area contributed by atoms with Gasteiger partial charge in [0, 0.05) is 23.3 Å². The number of hydrogen-bond donors (Lipinski definition) is 2. The Bertz CT molecular complexity index is 775. The molecule has 0 saturated carbocycles. The number of aliphatic hydroxyl groups excluding tert-OH is 1. The Morgan fingerprint density at radius 1 is 1.17 bits per heavy atom. The van der Waals surface area contributed by atoms with Crippen LogP contribution in [-0.4, -0.2) is 25.0 Å². The lowest BCUT2D eigenvalue weighted by atomic mass is 10.3. The summed E-state index contributed by atoms with van der Waals surface area (Å²) in [6.07, 6.45) is 2.55. The van der Waals surface area contributed by atoms with Gasteiger partial charge in [0.1, 0.15) is 16.5 Å². The van der Waals surface area contributed by atoms with E-state index < -0.39 is 0 Å². The van der Waals surface area contributed by atoms with E-state index in [1.54, 1.807) is 6.20 Å². The minimum atomic E-state index is -0.0339. The average molecular weight is 327 g/mol. The third-order valence-corrected chi connectivity index (χ3v) is 4.12. The molecule has 0 amide bonds. The van der Waals surface area contributed by atoms with Gasteiger partial charge in [-0.15, -0.1) is 11.3 Å². The molecule has 0 spiro atoms. The maximum absolute atomic E-state index is 9.06. The first-order chi connectivity index (χ1) is 11.3. The first kappa shape index (κ1) is 15.5. The normalized spacial score (nSPS) is 10.7. The van der Waals surface area contributed by atoms with Gasteiger partial charge in [0.15, 0.2) is 5.82 Å². The van der Waals surface area contributed by atoms with Crippen molar-refractivity contribution in [3.05, 3.63) is 52.2 Å². The van der Waals surface area contributed by atoms with Crippen LogP contribution in [0.15, 0.2) is 35.8 Å². The van der Waals surface area contributed by atoms with Gasteiger partial charge in [0.2, 0.25) is 0 Å². The average Bonchev–Trinajstić information content (AvgIpc) is 3.08. The van der Waals surface area contributed by atoms with Crippen molar-refractivity contribution in [2.75, 3.05) is 5.32 Å². The van der Waals surface area contributed by atoms with Crippen molar-refractivity contribution < 1.29 is 5.11 Å². The molecule has 7 heteroatoms. The Balaban J connectivity index is 1.81. The van der Waals surface area contributed by atoms with Crippen LogP contribution in [0.2, 0.25) is 0 Å². The van der Waals surface area contributed by atoms with Crippen molar-refractivity contribution in [3.8, 4) is 11.5 Å². The van der Waals surface area contributed by atoms with Crippen molar-refractivity contribution >= 4 is 17.2 Å². The number of pyridine rings is 1. The van der Waals surface area contributed by atoms with Crippen LogP contribution >= 0.6 is 11.3 Å². The molecule has 3 aromatic rings. The lowest BCUT2D eigenvalue weighted by Gasteiger charge is -2.08. The number of hydrogen-bond acceptors (Lipinski definition) is 7. The fourth-order valence-electron chi connectivity index (χ4n) is 2.05. The van der Waals surface area contributed by atoms with Gasteiger partial charge >= 0.3 is 0 Å². The van der Waals surface area contributed by atoms with Gasteiger partial charge in [-0.05, 0) is 18.6 Å². The first-order valence-corrected chi connectivity index (χ1v) is 8.24. The molecule has 23 heavy (non-hydrogen) atoms. The summed E-state index contributed by atoms with van der Waals surface area (Å²) in [5.41, 5.74) is 2.40. The van der Waals surface area contributed by atoms with Crippen LogP contribution in [0.4, 0.5) is 5.82 Å². The van der Waals surface area contributed by atoms with Crippen molar-refractivity contribution in [2.45, 2.75) is 26.5 Å². The highest BCUT2D eigenvalue weighted by atomic mass is 32.1. The van der Waals surface area contributed by atoms with E-state index in [4.69, 9.17) is 5.11 Å². The quantitative estimate of drug-likeness (QED) is 0.724. The summed E-state index contributed by atoms with van der Waals surface area (Å²) >= 11 is 1.51. The second kappa shape index (κ2) is 7.26. The molecular weight excluding hydrogens is 310 g/mol. The van der Waals surface area contributed by atoms with Crippen LogP contribution in [0.1, 0.15) is 23.3 Å². The zero-order valence-electron chi connectivity index (χ0n) is 12.7. The first-order valence-electron chi connectivity index (χ1n) is 7.36. The van der Waals surface area contributed by atoms with Crippen LogP contribution in [0.5, 0.6) is 0 Å². The van der Waals surface area contributed by atoms with E-state index >= 15 is 0 Å². The second-order valence-electron chi connectivity index (χ2n) is 4.88. The number of rotatable bonds is 6. The molecule has 0 bridgehead atoms. The second-order valence-corrected chi connectivity index (χ2v) is 5.82. The Kier molecular flexibility index (Phi) is 4.89. The molecular formula is C16H17N5OS. The van der Waals surface area contributed by atoms with E-state index in [0.717, 1.165) is 28.6 Å². The predicted molar refractivity (Wildman–Crippen MR) is 90.0 cm³/mol. The minimum Gasteiger partial charge on any atom is -0.390 e. The molecule has 2 N–H and O–H groups in total. The molecule has 6 nitrogen and oxygen atoms in total. The van der Waals surface area contributed by atoms with Crippen LogP contribution in [0, 0.1) is 0 Å². The van der Waals surface area contributed by atoms with Gasteiger partial charge in [-0.2, -0.15) is 0 Å². The lowest BCUT2D eigenvalue weighted by Crippen LogP contribution is -2.05. The third-order valence-electron chi connectivity index (χ3n) is 3.22. The highest BCUT2D eigenvalue weighted by Crippen LogP contribution is 2.17. The van der Waals surface area contributed by atoms with E-state index in [1.807, 2.05) is 29.6 Å². The van der Waals surface area contributed by atoms with Gasteiger partial charge in [-0.25, -0.2) is 15.0 Å². The summed E-state index contributed by atoms with van der Waals surface area (Å²) in [7, 11) is 0. The Labute approximate surface area is 138 Å². The van der Waals surface area contributed by atoms with Crippen LogP contribution < -0.4 is 5.32 Å². The van der Waals surface area contributed by atoms with Gasteiger partial charge < -0.3 is 10.4 Å². The Morgan fingerprint density at radius 2 is 2.09 bits per heavy atom. The topological polar surface area (TPSA) is 83.8 Å². The van der Waals surface area contributed by atoms with E-state index in [0.29, 0.717) is 18.1 Å². The van der Waals surface area contributed by atoms with Gasteiger partial charge in [-0.3, -0.25) is 4.98 Å². The molecule has 3 heterocycles.